The van der Waals surface area contributed by atoms with Gasteiger partial charge in [-0.3, -0.25) is 0 Å². The van der Waals surface area contributed by atoms with E-state index in [0.717, 1.165) is 61.0 Å². The molecule has 0 saturated heterocycles. The van der Waals surface area contributed by atoms with Crippen molar-refractivity contribution in [2.45, 2.75) is 52.4 Å². The Balaban J connectivity index is 1.01. The van der Waals surface area contributed by atoms with E-state index >= 15 is 0 Å². The van der Waals surface area contributed by atoms with Gasteiger partial charge in [0, 0.05) is 33.0 Å². The highest BCUT2D eigenvalue weighted by Crippen LogP contribution is 2.42. The minimum Gasteiger partial charge on any atom is -0.309 e. The van der Waals surface area contributed by atoms with Gasteiger partial charge in [0.05, 0.1) is 16.7 Å². The fourth-order valence-corrected chi connectivity index (χ4v) is 9.58. The number of aromatic nitrogens is 4. The molecule has 0 fully saturated rings. The molecule has 324 valence electrons. The van der Waals surface area contributed by atoms with Crippen molar-refractivity contribution >= 4 is 32.6 Å². The summed E-state index contributed by atoms with van der Waals surface area (Å²) in [6.07, 6.45) is 0. The highest BCUT2D eigenvalue weighted by molar-refractivity contribution is 6.10. The highest BCUT2D eigenvalue weighted by Gasteiger charge is 2.23. The van der Waals surface area contributed by atoms with Crippen molar-refractivity contribution in [3.63, 3.8) is 0 Å². The zero-order chi connectivity index (χ0) is 45.9. The van der Waals surface area contributed by atoms with Crippen molar-refractivity contribution in [3.05, 3.63) is 217 Å². The second-order valence-corrected chi connectivity index (χ2v) is 19.7. The molecule has 0 radical (unpaired) electrons. The molecule has 0 N–H and O–H groups in total. The molecular weight excluding hydrogens is 813 g/mol. The number of rotatable bonds is 7. The van der Waals surface area contributed by atoms with Crippen molar-refractivity contribution in [1.82, 2.24) is 19.5 Å². The fourth-order valence-electron chi connectivity index (χ4n) is 9.58. The third kappa shape index (κ3) is 7.68. The molecule has 9 aromatic carbocycles. The monoisotopic (exact) mass is 864 g/mol. The molecule has 0 saturated carbocycles. The fraction of sp³-hybridized carbons (Fsp3) is 0.127. The molecule has 4 heteroatoms. The first kappa shape index (κ1) is 41.7. The van der Waals surface area contributed by atoms with E-state index in [-0.39, 0.29) is 10.8 Å². The lowest BCUT2D eigenvalue weighted by molar-refractivity contribution is 0.590. The zero-order valence-corrected chi connectivity index (χ0v) is 38.9. The van der Waals surface area contributed by atoms with Crippen LogP contribution in [0.2, 0.25) is 0 Å². The first-order chi connectivity index (χ1) is 32.5. The Kier molecular flexibility index (Phi) is 10.3. The van der Waals surface area contributed by atoms with E-state index in [4.69, 9.17) is 15.0 Å². The first-order valence-corrected chi connectivity index (χ1v) is 23.3. The van der Waals surface area contributed by atoms with Gasteiger partial charge in [0.15, 0.2) is 17.5 Å². The molecular formula is C63H52N4. The van der Waals surface area contributed by atoms with Gasteiger partial charge in [-0.05, 0) is 96.9 Å². The van der Waals surface area contributed by atoms with E-state index in [1.54, 1.807) is 0 Å². The summed E-state index contributed by atoms with van der Waals surface area (Å²) in [7, 11) is 0. The summed E-state index contributed by atoms with van der Waals surface area (Å²) in [5.74, 6) is 1.91. The number of fused-ring (bicyclic) bond motifs is 4. The number of hydrogen-bond acceptors (Lipinski definition) is 3. The maximum absolute atomic E-state index is 5.26. The molecule has 0 atom stereocenters. The van der Waals surface area contributed by atoms with Gasteiger partial charge in [-0.15, -0.1) is 0 Å². The summed E-state index contributed by atoms with van der Waals surface area (Å²) in [6, 6.07) is 74.0. The summed E-state index contributed by atoms with van der Waals surface area (Å²) >= 11 is 0. The average molecular weight is 865 g/mol. The van der Waals surface area contributed by atoms with Crippen LogP contribution in [-0.2, 0) is 10.8 Å². The maximum atomic E-state index is 5.26. The van der Waals surface area contributed by atoms with Crippen molar-refractivity contribution in [1.29, 1.82) is 0 Å². The topological polar surface area (TPSA) is 43.6 Å². The van der Waals surface area contributed by atoms with Crippen molar-refractivity contribution in [2.75, 3.05) is 0 Å². The number of para-hydroxylation sites is 1. The predicted molar refractivity (Wildman–Crippen MR) is 282 cm³/mol. The number of nitrogens with zero attached hydrogens (tertiary/aromatic N) is 4. The minimum atomic E-state index is 0.0351. The van der Waals surface area contributed by atoms with Crippen LogP contribution in [0.4, 0.5) is 0 Å². The molecule has 2 aromatic heterocycles. The molecule has 2 heterocycles. The Morgan fingerprint density at radius 2 is 0.716 bits per heavy atom. The van der Waals surface area contributed by atoms with E-state index in [1.165, 1.54) is 38.5 Å². The molecule has 4 nitrogen and oxygen atoms in total. The van der Waals surface area contributed by atoms with Gasteiger partial charge in [-0.2, -0.15) is 0 Å². The van der Waals surface area contributed by atoms with E-state index in [2.05, 4.69) is 228 Å². The molecule has 67 heavy (non-hydrogen) atoms. The SMILES string of the molecule is CC(C)(C)c1ccc2c(c1)c1cc(C(C)(C)C)ccc1n2-c1ccccc1-c1ccc(-c2ccc(-c3nc(-c4ccccc4)nc(-c4ccccc4-c4ccccc4)n3)c3ccccc23)cc1. The number of benzene rings is 9. The van der Waals surface area contributed by atoms with Crippen LogP contribution < -0.4 is 0 Å². The van der Waals surface area contributed by atoms with Crippen LogP contribution in [-0.4, -0.2) is 19.5 Å². The van der Waals surface area contributed by atoms with Crippen LogP contribution in [0, 0.1) is 0 Å². The molecule has 0 aliphatic carbocycles. The Labute approximate surface area is 393 Å². The summed E-state index contributed by atoms with van der Waals surface area (Å²) < 4.78 is 2.47. The average Bonchev–Trinajstić information content (AvgIpc) is 3.69. The van der Waals surface area contributed by atoms with Gasteiger partial charge in [0.1, 0.15) is 0 Å². The molecule has 0 aliphatic heterocycles. The maximum Gasteiger partial charge on any atom is 0.164 e. The lowest BCUT2D eigenvalue weighted by Crippen LogP contribution is -2.10. The zero-order valence-electron chi connectivity index (χ0n) is 38.9. The second kappa shape index (κ2) is 16.5. The molecule has 0 aliphatic rings. The summed E-state index contributed by atoms with van der Waals surface area (Å²) in [4.78, 5) is 15.5. The summed E-state index contributed by atoms with van der Waals surface area (Å²) in [6.45, 7) is 13.8. The smallest absolute Gasteiger partial charge is 0.164 e. The van der Waals surface area contributed by atoms with Gasteiger partial charge >= 0.3 is 0 Å². The Morgan fingerprint density at radius 1 is 0.299 bits per heavy atom. The Bertz CT molecular complexity index is 3560. The number of hydrogen-bond donors (Lipinski definition) is 0. The quantitative estimate of drug-likeness (QED) is 0.160. The molecule has 0 spiro atoms. The highest BCUT2D eigenvalue weighted by atomic mass is 15.0. The lowest BCUT2D eigenvalue weighted by Gasteiger charge is -2.19. The normalized spacial score (nSPS) is 12.0. The van der Waals surface area contributed by atoms with Crippen molar-refractivity contribution < 1.29 is 0 Å². The summed E-state index contributed by atoms with van der Waals surface area (Å²) in [5.41, 5.74) is 16.0. The van der Waals surface area contributed by atoms with Gasteiger partial charge in [0.25, 0.3) is 0 Å². The standard InChI is InChI=1S/C63H52N4/c1-62(2,3)45-33-37-57-54(39-45)55-40-46(63(4,5)6)34-38-58(55)67(57)56-28-18-17-24-49(56)43-31-29-42(30-32-43)48-35-36-53(51-26-15-14-25-50(48)51)61-65-59(44-21-11-8-12-22-44)64-60(66-61)52-27-16-13-23-47(52)41-19-9-7-10-20-41/h7-40H,1-6H3. The second-order valence-electron chi connectivity index (χ2n) is 19.7. The van der Waals surface area contributed by atoms with Crippen LogP contribution >= 0.6 is 0 Å². The molecule has 0 unspecified atom stereocenters. The molecule has 0 amide bonds. The largest absolute Gasteiger partial charge is 0.309 e. The molecule has 0 bridgehead atoms. The van der Waals surface area contributed by atoms with Crippen LogP contribution in [0.15, 0.2) is 206 Å². The van der Waals surface area contributed by atoms with Crippen molar-refractivity contribution in [3.8, 4) is 73.2 Å². The van der Waals surface area contributed by atoms with Gasteiger partial charge < -0.3 is 4.57 Å². The Morgan fingerprint density at radius 3 is 1.30 bits per heavy atom. The lowest BCUT2D eigenvalue weighted by atomic mass is 9.85. The van der Waals surface area contributed by atoms with Crippen molar-refractivity contribution in [2.24, 2.45) is 0 Å². The van der Waals surface area contributed by atoms with E-state index in [0.29, 0.717) is 17.5 Å². The van der Waals surface area contributed by atoms with E-state index in [1.807, 2.05) is 24.3 Å². The third-order valence-corrected chi connectivity index (χ3v) is 13.2. The van der Waals surface area contributed by atoms with Crippen LogP contribution in [0.1, 0.15) is 52.7 Å². The first-order valence-electron chi connectivity index (χ1n) is 23.3. The van der Waals surface area contributed by atoms with Crippen LogP contribution in [0.5, 0.6) is 0 Å². The predicted octanol–water partition coefficient (Wildman–Crippen LogP) is 16.7. The Hall–Kier alpha value is -7.95. The van der Waals surface area contributed by atoms with E-state index in [9.17, 15) is 0 Å². The van der Waals surface area contributed by atoms with Gasteiger partial charge in [-0.25, -0.2) is 15.0 Å². The third-order valence-electron chi connectivity index (χ3n) is 13.2. The minimum absolute atomic E-state index is 0.0351. The van der Waals surface area contributed by atoms with Crippen LogP contribution in [0.3, 0.4) is 0 Å². The van der Waals surface area contributed by atoms with E-state index < -0.39 is 0 Å². The van der Waals surface area contributed by atoms with Gasteiger partial charge in [0.2, 0.25) is 0 Å². The molecule has 11 rings (SSSR count). The van der Waals surface area contributed by atoms with Gasteiger partial charge in [-0.1, -0.05) is 211 Å². The summed E-state index contributed by atoms with van der Waals surface area (Å²) in [5, 5.41) is 4.79. The molecule has 11 aromatic rings. The van der Waals surface area contributed by atoms with Crippen LogP contribution in [0.25, 0.3) is 106 Å².